The summed E-state index contributed by atoms with van der Waals surface area (Å²) in [7, 11) is 0. The number of nitrogens with zero attached hydrogens (tertiary/aromatic N) is 1. The molecule has 1 fully saturated rings. The van der Waals surface area contributed by atoms with E-state index in [9.17, 15) is 4.79 Å². The zero-order valence-corrected chi connectivity index (χ0v) is 11.1. The van der Waals surface area contributed by atoms with Gasteiger partial charge in [-0.25, -0.2) is 0 Å². The van der Waals surface area contributed by atoms with E-state index in [1.165, 1.54) is 36.9 Å². The summed E-state index contributed by atoms with van der Waals surface area (Å²) in [5.74, 6) is 1.04. The first-order chi connectivity index (χ1) is 8.74. The first-order valence-corrected chi connectivity index (χ1v) is 7.05. The molecule has 96 valence electrons. The molecule has 2 aliphatic rings. The predicted molar refractivity (Wildman–Crippen MR) is 72.8 cm³/mol. The summed E-state index contributed by atoms with van der Waals surface area (Å²) < 4.78 is 0. The normalized spacial score (nSPS) is 26.7. The average Bonchev–Trinajstić information content (AvgIpc) is 2.72. The van der Waals surface area contributed by atoms with Gasteiger partial charge in [-0.3, -0.25) is 9.69 Å². The van der Waals surface area contributed by atoms with E-state index in [4.69, 9.17) is 0 Å². The molecule has 1 aromatic rings. The Kier molecular flexibility index (Phi) is 3.21. The molecule has 0 saturated carbocycles. The number of likely N-dealkylation sites (tertiary alicyclic amines) is 1. The van der Waals surface area contributed by atoms with E-state index in [-0.39, 0.29) is 0 Å². The highest BCUT2D eigenvalue weighted by atomic mass is 16.1. The number of rotatable bonds is 4. The fraction of sp³-hybridized carbons (Fsp3) is 0.562. The molecule has 0 aromatic heterocycles. The van der Waals surface area contributed by atoms with Gasteiger partial charge in [0.25, 0.3) is 0 Å². The zero-order chi connectivity index (χ0) is 12.5. The Morgan fingerprint density at radius 3 is 3.00 bits per heavy atom. The maximum absolute atomic E-state index is 11.3. The van der Waals surface area contributed by atoms with Crippen LogP contribution in [0.3, 0.4) is 0 Å². The number of hydrogen-bond acceptors (Lipinski definition) is 2. The SMILES string of the molecule is CC(=O)CC1CCCN1CC1Cc2ccccc21. The van der Waals surface area contributed by atoms with Crippen molar-refractivity contribution >= 4 is 5.78 Å². The van der Waals surface area contributed by atoms with Crippen LogP contribution < -0.4 is 0 Å². The van der Waals surface area contributed by atoms with Gasteiger partial charge in [0.2, 0.25) is 0 Å². The molecule has 1 heterocycles. The first kappa shape index (κ1) is 11.9. The molecular weight excluding hydrogens is 222 g/mol. The molecule has 0 N–H and O–H groups in total. The van der Waals surface area contributed by atoms with Crippen LogP contribution in [0.2, 0.25) is 0 Å². The van der Waals surface area contributed by atoms with Gasteiger partial charge < -0.3 is 0 Å². The lowest BCUT2D eigenvalue weighted by Crippen LogP contribution is -2.37. The van der Waals surface area contributed by atoms with E-state index in [0.717, 1.165) is 13.0 Å². The third kappa shape index (κ3) is 2.22. The highest BCUT2D eigenvalue weighted by Gasteiger charge is 2.32. The van der Waals surface area contributed by atoms with Gasteiger partial charge in [0.05, 0.1) is 0 Å². The van der Waals surface area contributed by atoms with E-state index in [1.807, 2.05) is 0 Å². The third-order valence-electron chi connectivity index (χ3n) is 4.44. The number of carbonyl (C=O) groups excluding carboxylic acids is 1. The molecule has 2 heteroatoms. The van der Waals surface area contributed by atoms with E-state index in [2.05, 4.69) is 29.2 Å². The van der Waals surface area contributed by atoms with E-state index < -0.39 is 0 Å². The molecule has 1 aromatic carbocycles. The van der Waals surface area contributed by atoms with Crippen molar-refractivity contribution in [2.24, 2.45) is 0 Å². The summed E-state index contributed by atoms with van der Waals surface area (Å²) in [6, 6.07) is 9.28. The van der Waals surface area contributed by atoms with Crippen LogP contribution in [0.15, 0.2) is 24.3 Å². The Balaban J connectivity index is 1.62. The number of ketones is 1. The van der Waals surface area contributed by atoms with Crippen LogP contribution in [0.25, 0.3) is 0 Å². The van der Waals surface area contributed by atoms with Gasteiger partial charge in [0.15, 0.2) is 0 Å². The number of Topliss-reactive ketones (excluding diaryl/α,β-unsaturated/α-hetero) is 1. The van der Waals surface area contributed by atoms with Crippen molar-refractivity contribution in [1.82, 2.24) is 4.90 Å². The van der Waals surface area contributed by atoms with Crippen molar-refractivity contribution in [1.29, 1.82) is 0 Å². The van der Waals surface area contributed by atoms with E-state index in [1.54, 1.807) is 6.92 Å². The largest absolute Gasteiger partial charge is 0.300 e. The summed E-state index contributed by atoms with van der Waals surface area (Å²) in [6.45, 7) is 4.04. The number of fused-ring (bicyclic) bond motifs is 1. The second kappa shape index (κ2) is 4.85. The number of benzene rings is 1. The molecule has 0 bridgehead atoms. The Morgan fingerprint density at radius 2 is 2.22 bits per heavy atom. The van der Waals surface area contributed by atoms with Crippen LogP contribution >= 0.6 is 0 Å². The second-order valence-electron chi connectivity index (χ2n) is 5.80. The van der Waals surface area contributed by atoms with E-state index in [0.29, 0.717) is 17.7 Å². The lowest BCUT2D eigenvalue weighted by Gasteiger charge is -2.35. The standard InChI is InChI=1S/C16H21NO/c1-12(18)9-15-6-4-8-17(15)11-14-10-13-5-2-3-7-16(13)14/h2-3,5,7,14-15H,4,6,8-11H2,1H3. The summed E-state index contributed by atoms with van der Waals surface area (Å²) in [6.07, 6.45) is 4.42. The van der Waals surface area contributed by atoms with Gasteiger partial charge in [-0.15, -0.1) is 0 Å². The van der Waals surface area contributed by atoms with Crippen molar-refractivity contribution in [3.05, 3.63) is 35.4 Å². The van der Waals surface area contributed by atoms with Crippen LogP contribution in [0, 0.1) is 0 Å². The predicted octanol–water partition coefficient (Wildman–Crippen LogP) is 2.77. The molecule has 1 aliphatic carbocycles. The number of carbonyl (C=O) groups is 1. The molecule has 1 aliphatic heterocycles. The first-order valence-electron chi connectivity index (χ1n) is 7.05. The van der Waals surface area contributed by atoms with Crippen LogP contribution in [0.5, 0.6) is 0 Å². The minimum Gasteiger partial charge on any atom is -0.300 e. The molecule has 18 heavy (non-hydrogen) atoms. The highest BCUT2D eigenvalue weighted by Crippen LogP contribution is 2.36. The minimum absolute atomic E-state index is 0.334. The summed E-state index contributed by atoms with van der Waals surface area (Å²) >= 11 is 0. The van der Waals surface area contributed by atoms with Crippen LogP contribution in [0.1, 0.15) is 43.2 Å². The lowest BCUT2D eigenvalue weighted by molar-refractivity contribution is -0.118. The van der Waals surface area contributed by atoms with Gasteiger partial charge in [0.1, 0.15) is 5.78 Å². The smallest absolute Gasteiger partial charge is 0.131 e. The Labute approximate surface area is 109 Å². The van der Waals surface area contributed by atoms with Crippen molar-refractivity contribution in [3.63, 3.8) is 0 Å². The summed E-state index contributed by atoms with van der Waals surface area (Å²) in [4.78, 5) is 13.8. The fourth-order valence-electron chi connectivity index (χ4n) is 3.51. The molecular formula is C16H21NO. The van der Waals surface area contributed by atoms with Crippen LogP contribution in [0.4, 0.5) is 0 Å². The minimum atomic E-state index is 0.334. The van der Waals surface area contributed by atoms with Gasteiger partial charge in [-0.2, -0.15) is 0 Å². The molecule has 2 unspecified atom stereocenters. The lowest BCUT2D eigenvalue weighted by atomic mass is 9.77. The second-order valence-corrected chi connectivity index (χ2v) is 5.80. The summed E-state index contributed by atoms with van der Waals surface area (Å²) in [5.41, 5.74) is 3.05. The average molecular weight is 243 g/mol. The Morgan fingerprint density at radius 1 is 1.39 bits per heavy atom. The molecule has 0 spiro atoms. The van der Waals surface area contributed by atoms with Crippen molar-refractivity contribution in [2.75, 3.05) is 13.1 Å². The Hall–Kier alpha value is -1.15. The molecule has 0 amide bonds. The summed E-state index contributed by atoms with van der Waals surface area (Å²) in [5, 5.41) is 0. The van der Waals surface area contributed by atoms with Gasteiger partial charge >= 0.3 is 0 Å². The fourth-order valence-corrected chi connectivity index (χ4v) is 3.51. The molecule has 1 saturated heterocycles. The molecule has 2 atom stereocenters. The van der Waals surface area contributed by atoms with Crippen LogP contribution in [-0.2, 0) is 11.2 Å². The van der Waals surface area contributed by atoms with E-state index >= 15 is 0 Å². The van der Waals surface area contributed by atoms with Crippen molar-refractivity contribution in [3.8, 4) is 0 Å². The monoisotopic (exact) mass is 243 g/mol. The zero-order valence-electron chi connectivity index (χ0n) is 11.1. The van der Waals surface area contributed by atoms with Gasteiger partial charge in [-0.1, -0.05) is 24.3 Å². The van der Waals surface area contributed by atoms with Gasteiger partial charge in [-0.05, 0) is 43.9 Å². The van der Waals surface area contributed by atoms with Gasteiger partial charge in [0, 0.05) is 24.9 Å². The topological polar surface area (TPSA) is 20.3 Å². The Bertz CT molecular complexity index is 454. The molecule has 3 rings (SSSR count). The highest BCUT2D eigenvalue weighted by molar-refractivity contribution is 5.76. The van der Waals surface area contributed by atoms with Crippen LogP contribution in [-0.4, -0.2) is 29.8 Å². The van der Waals surface area contributed by atoms with Crippen molar-refractivity contribution in [2.45, 2.75) is 44.6 Å². The quantitative estimate of drug-likeness (QED) is 0.810. The van der Waals surface area contributed by atoms with Crippen molar-refractivity contribution < 1.29 is 4.79 Å². The third-order valence-corrected chi connectivity index (χ3v) is 4.44. The number of hydrogen-bond donors (Lipinski definition) is 0. The molecule has 0 radical (unpaired) electrons. The maximum Gasteiger partial charge on any atom is 0.131 e. The maximum atomic E-state index is 11.3. The molecule has 2 nitrogen and oxygen atoms in total.